The Hall–Kier alpha value is -0.970. The molecule has 0 saturated carbocycles. The topological polar surface area (TPSA) is 58.2 Å². The molecule has 0 radical (unpaired) electrons. The van der Waals surface area contributed by atoms with E-state index in [2.05, 4.69) is 10.6 Å². The molecule has 110 valence electrons. The van der Waals surface area contributed by atoms with Crippen LogP contribution in [-0.2, 0) is 4.79 Å². The van der Waals surface area contributed by atoms with Gasteiger partial charge in [-0.05, 0) is 18.6 Å². The molecule has 20 heavy (non-hydrogen) atoms. The molecule has 1 aromatic carbocycles. The number of nitrogens with one attached hydrogen (secondary N) is 2. The fourth-order valence-electron chi connectivity index (χ4n) is 1.46. The number of hydrogen-bond donors (Lipinski definition) is 2. The lowest BCUT2D eigenvalue weighted by atomic mass is 10.1. The molecule has 0 spiro atoms. The summed E-state index contributed by atoms with van der Waals surface area (Å²) in [6, 6.07) is 6.54. The fraction of sp³-hybridized carbons (Fsp3) is 0.385. The number of anilines is 1. The van der Waals surface area contributed by atoms with Gasteiger partial charge in [0.25, 0.3) is 15.6 Å². The molecule has 0 aliphatic carbocycles. The van der Waals surface area contributed by atoms with Crippen molar-refractivity contribution in [2.24, 2.45) is 0 Å². The standard InChI is InChI=1S/C13H15Cl3N2O2/c1-2-3-8-17-11(19)9-6-4-5-7-10(9)18-12(20)13(14,15)16/h4-7H,2-3,8H2,1H3,(H,17,19)(H,18,20). The molecular weight excluding hydrogens is 323 g/mol. The number of halogens is 3. The number of hydrogen-bond acceptors (Lipinski definition) is 2. The minimum absolute atomic E-state index is 0.279. The van der Waals surface area contributed by atoms with Gasteiger partial charge in [-0.3, -0.25) is 9.59 Å². The molecule has 0 aliphatic rings. The minimum atomic E-state index is -2.08. The van der Waals surface area contributed by atoms with Gasteiger partial charge in [0.1, 0.15) is 0 Å². The number of carbonyl (C=O) groups is 2. The van der Waals surface area contributed by atoms with Crippen LogP contribution in [0.3, 0.4) is 0 Å². The summed E-state index contributed by atoms with van der Waals surface area (Å²) in [5.74, 6) is -1.09. The molecule has 4 nitrogen and oxygen atoms in total. The van der Waals surface area contributed by atoms with Crippen molar-refractivity contribution >= 4 is 52.3 Å². The van der Waals surface area contributed by atoms with Gasteiger partial charge in [0, 0.05) is 6.54 Å². The van der Waals surface area contributed by atoms with E-state index in [0.717, 1.165) is 12.8 Å². The molecule has 1 rings (SSSR count). The molecule has 2 amide bonds. The van der Waals surface area contributed by atoms with Crippen LogP contribution in [0.15, 0.2) is 24.3 Å². The van der Waals surface area contributed by atoms with Gasteiger partial charge in [0.05, 0.1) is 11.3 Å². The minimum Gasteiger partial charge on any atom is -0.352 e. The maximum Gasteiger partial charge on any atom is 0.276 e. The van der Waals surface area contributed by atoms with E-state index >= 15 is 0 Å². The van der Waals surface area contributed by atoms with Gasteiger partial charge in [0.15, 0.2) is 0 Å². The summed E-state index contributed by atoms with van der Waals surface area (Å²) in [5, 5.41) is 5.19. The summed E-state index contributed by atoms with van der Waals surface area (Å²) >= 11 is 16.5. The number of carbonyl (C=O) groups excluding carboxylic acids is 2. The number of para-hydroxylation sites is 1. The normalized spacial score (nSPS) is 11.0. The van der Waals surface area contributed by atoms with Crippen molar-refractivity contribution in [2.45, 2.75) is 23.6 Å². The zero-order valence-corrected chi connectivity index (χ0v) is 13.1. The van der Waals surface area contributed by atoms with Crippen molar-refractivity contribution < 1.29 is 9.59 Å². The molecule has 0 fully saturated rings. The Bertz CT molecular complexity index is 487. The zero-order chi connectivity index (χ0) is 15.2. The van der Waals surface area contributed by atoms with Crippen molar-refractivity contribution in [1.29, 1.82) is 0 Å². The summed E-state index contributed by atoms with van der Waals surface area (Å²) in [5.41, 5.74) is 0.629. The summed E-state index contributed by atoms with van der Waals surface area (Å²) in [7, 11) is 0. The van der Waals surface area contributed by atoms with Gasteiger partial charge in [-0.2, -0.15) is 0 Å². The maximum atomic E-state index is 12.0. The van der Waals surface area contributed by atoms with Crippen LogP contribution < -0.4 is 10.6 Å². The predicted molar refractivity (Wildman–Crippen MR) is 82.6 cm³/mol. The van der Waals surface area contributed by atoms with Crippen LogP contribution in [0.25, 0.3) is 0 Å². The Kier molecular flexibility index (Phi) is 6.59. The van der Waals surface area contributed by atoms with Crippen molar-refractivity contribution in [3.05, 3.63) is 29.8 Å². The van der Waals surface area contributed by atoms with Crippen molar-refractivity contribution in [3.63, 3.8) is 0 Å². The smallest absolute Gasteiger partial charge is 0.276 e. The second kappa shape index (κ2) is 7.72. The Morgan fingerprint density at radius 2 is 1.85 bits per heavy atom. The van der Waals surface area contributed by atoms with Crippen LogP contribution >= 0.6 is 34.8 Å². The van der Waals surface area contributed by atoms with Gasteiger partial charge < -0.3 is 10.6 Å². The van der Waals surface area contributed by atoms with Gasteiger partial charge in [-0.1, -0.05) is 60.3 Å². The first kappa shape index (κ1) is 17.1. The lowest BCUT2D eigenvalue weighted by molar-refractivity contribution is -0.115. The Labute approximate surface area is 132 Å². The first-order chi connectivity index (χ1) is 9.36. The van der Waals surface area contributed by atoms with Crippen LogP contribution in [0.4, 0.5) is 5.69 Å². The molecular formula is C13H15Cl3N2O2. The van der Waals surface area contributed by atoms with Crippen LogP contribution in [0.1, 0.15) is 30.1 Å². The van der Waals surface area contributed by atoms with Crippen LogP contribution in [0, 0.1) is 0 Å². The monoisotopic (exact) mass is 336 g/mol. The van der Waals surface area contributed by atoms with Crippen molar-refractivity contribution in [3.8, 4) is 0 Å². The number of rotatable bonds is 5. The maximum absolute atomic E-state index is 12.0. The lowest BCUT2D eigenvalue weighted by Gasteiger charge is -2.14. The third kappa shape index (κ3) is 5.19. The second-order valence-electron chi connectivity index (χ2n) is 4.11. The number of benzene rings is 1. The Morgan fingerprint density at radius 1 is 1.20 bits per heavy atom. The average Bonchev–Trinajstić information content (AvgIpc) is 2.38. The molecule has 0 bridgehead atoms. The summed E-state index contributed by atoms with van der Waals surface area (Å²) in [4.78, 5) is 23.6. The molecule has 7 heteroatoms. The third-order valence-electron chi connectivity index (χ3n) is 2.49. The first-order valence-electron chi connectivity index (χ1n) is 6.11. The molecule has 0 aliphatic heterocycles. The van der Waals surface area contributed by atoms with Crippen LogP contribution in [0.2, 0.25) is 0 Å². The van der Waals surface area contributed by atoms with Crippen molar-refractivity contribution in [2.75, 3.05) is 11.9 Å². The molecule has 0 heterocycles. The van der Waals surface area contributed by atoms with Crippen molar-refractivity contribution in [1.82, 2.24) is 5.32 Å². The highest BCUT2D eigenvalue weighted by molar-refractivity contribution is 6.76. The summed E-state index contributed by atoms with van der Waals surface area (Å²) < 4.78 is -2.08. The van der Waals surface area contributed by atoms with Gasteiger partial charge in [0.2, 0.25) is 0 Å². The Morgan fingerprint density at radius 3 is 2.45 bits per heavy atom. The summed E-state index contributed by atoms with van der Waals surface area (Å²) in [6.07, 6.45) is 1.86. The molecule has 0 unspecified atom stereocenters. The molecule has 2 N–H and O–H groups in total. The Balaban J connectivity index is 2.83. The zero-order valence-electron chi connectivity index (χ0n) is 10.9. The van der Waals surface area contributed by atoms with Gasteiger partial charge in [-0.25, -0.2) is 0 Å². The van der Waals surface area contributed by atoms with Gasteiger partial charge >= 0.3 is 0 Å². The average molecular weight is 338 g/mol. The lowest BCUT2D eigenvalue weighted by Crippen LogP contribution is -2.30. The van der Waals surface area contributed by atoms with E-state index in [1.54, 1.807) is 24.3 Å². The molecule has 0 saturated heterocycles. The van der Waals surface area contributed by atoms with Crippen LogP contribution in [-0.4, -0.2) is 22.2 Å². The molecule has 1 aromatic rings. The van der Waals surface area contributed by atoms with E-state index in [0.29, 0.717) is 17.8 Å². The van der Waals surface area contributed by atoms with Gasteiger partial charge in [-0.15, -0.1) is 0 Å². The SMILES string of the molecule is CCCCNC(=O)c1ccccc1NC(=O)C(Cl)(Cl)Cl. The quantitative estimate of drug-likeness (QED) is 0.638. The van der Waals surface area contributed by atoms with E-state index in [-0.39, 0.29) is 5.91 Å². The fourth-order valence-corrected chi connectivity index (χ4v) is 1.60. The second-order valence-corrected chi connectivity index (χ2v) is 6.39. The van der Waals surface area contributed by atoms with E-state index in [1.807, 2.05) is 6.92 Å². The molecule has 0 aromatic heterocycles. The largest absolute Gasteiger partial charge is 0.352 e. The summed E-state index contributed by atoms with van der Waals surface area (Å²) in [6.45, 7) is 2.60. The van der Waals surface area contributed by atoms with E-state index < -0.39 is 9.70 Å². The van der Waals surface area contributed by atoms with E-state index in [1.165, 1.54) is 0 Å². The molecule has 0 atom stereocenters. The predicted octanol–water partition coefficient (Wildman–Crippen LogP) is 3.53. The number of amides is 2. The highest BCUT2D eigenvalue weighted by Gasteiger charge is 2.31. The first-order valence-corrected chi connectivity index (χ1v) is 7.25. The number of alkyl halides is 3. The highest BCUT2D eigenvalue weighted by atomic mass is 35.6. The number of unbranched alkanes of at least 4 members (excludes halogenated alkanes) is 1. The van der Waals surface area contributed by atoms with Crippen LogP contribution in [0.5, 0.6) is 0 Å². The third-order valence-corrected chi connectivity index (χ3v) is 3.01. The van der Waals surface area contributed by atoms with E-state index in [9.17, 15) is 9.59 Å². The van der Waals surface area contributed by atoms with E-state index in [4.69, 9.17) is 34.8 Å². The highest BCUT2D eigenvalue weighted by Crippen LogP contribution is 2.28.